The Kier molecular flexibility index (Phi) is 8.55. The first-order valence-electron chi connectivity index (χ1n) is 11.6. The zero-order valence-electron chi connectivity index (χ0n) is 20.3. The van der Waals surface area contributed by atoms with Crippen LogP contribution in [0, 0.1) is 25.0 Å². The van der Waals surface area contributed by atoms with Crippen molar-refractivity contribution in [2.24, 2.45) is 0 Å². The molecule has 0 atom stereocenters. The van der Waals surface area contributed by atoms with Crippen LogP contribution >= 0.6 is 22.6 Å². The molecule has 0 aliphatic rings. The van der Waals surface area contributed by atoms with Gasteiger partial charge in [-0.05, 0) is 75.7 Å². The summed E-state index contributed by atoms with van der Waals surface area (Å²) in [5, 5.41) is 25.4. The molecule has 0 aromatic heterocycles. The molecule has 1 N–H and O–H groups in total. The van der Waals surface area contributed by atoms with Gasteiger partial charge in [-0.2, -0.15) is 5.26 Å². The van der Waals surface area contributed by atoms with E-state index in [2.05, 4.69) is 46.1 Å². The molecule has 38 heavy (non-hydrogen) atoms. The number of nitro benzene ring substituents is 1. The van der Waals surface area contributed by atoms with Crippen molar-refractivity contribution in [1.82, 2.24) is 0 Å². The highest BCUT2D eigenvalue weighted by Crippen LogP contribution is 2.36. The van der Waals surface area contributed by atoms with Crippen LogP contribution in [0.5, 0.6) is 11.5 Å². The Balaban J connectivity index is 1.58. The number of fused-ring (bicyclic) bond motifs is 1. The Bertz CT molecular complexity index is 1590. The second-order valence-corrected chi connectivity index (χ2v) is 9.28. The first-order valence-corrected chi connectivity index (χ1v) is 12.7. The number of nitro groups is 1. The average Bonchev–Trinajstić information content (AvgIpc) is 2.91. The van der Waals surface area contributed by atoms with E-state index in [-0.39, 0.29) is 16.9 Å². The third kappa shape index (κ3) is 6.27. The normalized spacial score (nSPS) is 11.0. The van der Waals surface area contributed by atoms with Crippen molar-refractivity contribution in [2.45, 2.75) is 13.5 Å². The van der Waals surface area contributed by atoms with Gasteiger partial charge in [-0.1, -0.05) is 48.5 Å². The lowest BCUT2D eigenvalue weighted by Crippen LogP contribution is -2.13. The predicted octanol–water partition coefficient (Wildman–Crippen LogP) is 6.88. The number of hydrogen-bond donors (Lipinski definition) is 1. The first kappa shape index (κ1) is 26.6. The molecular formula is C29H22IN3O5. The summed E-state index contributed by atoms with van der Waals surface area (Å²) >= 11 is 2.14. The molecule has 0 saturated heterocycles. The molecule has 0 saturated carbocycles. The quantitative estimate of drug-likeness (QED) is 0.0719. The molecule has 4 rings (SSSR count). The lowest BCUT2D eigenvalue weighted by atomic mass is 10.1. The Morgan fingerprint density at radius 2 is 1.84 bits per heavy atom. The van der Waals surface area contributed by atoms with E-state index in [1.54, 1.807) is 12.1 Å². The van der Waals surface area contributed by atoms with E-state index in [9.17, 15) is 20.2 Å². The van der Waals surface area contributed by atoms with Crippen LogP contribution in [0.25, 0.3) is 16.8 Å². The topological polar surface area (TPSA) is 114 Å². The second-order valence-electron chi connectivity index (χ2n) is 8.12. The van der Waals surface area contributed by atoms with E-state index in [0.717, 1.165) is 19.9 Å². The Labute approximate surface area is 232 Å². The van der Waals surface area contributed by atoms with E-state index in [0.29, 0.717) is 30.3 Å². The van der Waals surface area contributed by atoms with Gasteiger partial charge in [0.05, 0.1) is 15.1 Å². The molecule has 0 fully saturated rings. The van der Waals surface area contributed by atoms with Crippen LogP contribution in [-0.2, 0) is 11.4 Å². The Hall–Kier alpha value is -4.43. The van der Waals surface area contributed by atoms with Gasteiger partial charge in [-0.3, -0.25) is 14.9 Å². The molecule has 0 unspecified atom stereocenters. The molecule has 0 bridgehead atoms. The van der Waals surface area contributed by atoms with Gasteiger partial charge in [0.1, 0.15) is 18.2 Å². The van der Waals surface area contributed by atoms with Crippen LogP contribution in [0.1, 0.15) is 18.1 Å². The number of nitrogens with one attached hydrogen (secondary N) is 1. The summed E-state index contributed by atoms with van der Waals surface area (Å²) < 4.78 is 12.8. The molecule has 0 radical (unpaired) electrons. The fourth-order valence-electron chi connectivity index (χ4n) is 3.85. The van der Waals surface area contributed by atoms with Gasteiger partial charge >= 0.3 is 0 Å². The number of carbonyl (C=O) groups is 1. The summed E-state index contributed by atoms with van der Waals surface area (Å²) in [7, 11) is 0. The second kappa shape index (κ2) is 12.2. The summed E-state index contributed by atoms with van der Waals surface area (Å²) in [6.07, 6.45) is 1.44. The number of rotatable bonds is 9. The summed E-state index contributed by atoms with van der Waals surface area (Å²) in [5.74, 6) is 0.372. The molecule has 4 aromatic carbocycles. The number of nitrogens with zero attached hydrogens (tertiary/aromatic N) is 2. The van der Waals surface area contributed by atoms with Gasteiger partial charge in [0.25, 0.3) is 11.6 Å². The monoisotopic (exact) mass is 619 g/mol. The highest BCUT2D eigenvalue weighted by molar-refractivity contribution is 14.1. The van der Waals surface area contributed by atoms with Crippen molar-refractivity contribution >= 4 is 56.7 Å². The van der Waals surface area contributed by atoms with Crippen LogP contribution in [-0.4, -0.2) is 17.4 Å². The van der Waals surface area contributed by atoms with Crippen molar-refractivity contribution < 1.29 is 19.2 Å². The number of nitriles is 1. The van der Waals surface area contributed by atoms with E-state index in [1.807, 2.05) is 37.3 Å². The van der Waals surface area contributed by atoms with Crippen molar-refractivity contribution in [1.29, 1.82) is 5.26 Å². The van der Waals surface area contributed by atoms with Crippen LogP contribution in [0.4, 0.5) is 11.4 Å². The zero-order valence-corrected chi connectivity index (χ0v) is 22.5. The average molecular weight is 619 g/mol. The Morgan fingerprint density at radius 3 is 2.61 bits per heavy atom. The van der Waals surface area contributed by atoms with E-state index in [1.165, 1.54) is 30.3 Å². The van der Waals surface area contributed by atoms with E-state index in [4.69, 9.17) is 9.47 Å². The number of anilines is 1. The maximum atomic E-state index is 12.7. The minimum atomic E-state index is -0.683. The lowest BCUT2D eigenvalue weighted by Gasteiger charge is -2.16. The number of non-ortho nitro benzene ring substituents is 1. The number of hydrogen-bond acceptors (Lipinski definition) is 6. The molecule has 190 valence electrons. The Morgan fingerprint density at radius 1 is 1.08 bits per heavy atom. The molecule has 1 amide bonds. The molecule has 0 aliphatic heterocycles. The van der Waals surface area contributed by atoms with Crippen molar-refractivity contribution in [2.75, 3.05) is 11.9 Å². The number of amides is 1. The van der Waals surface area contributed by atoms with Crippen LogP contribution in [0.2, 0.25) is 0 Å². The summed E-state index contributed by atoms with van der Waals surface area (Å²) in [6.45, 7) is 2.59. The minimum Gasteiger partial charge on any atom is -0.490 e. The standard InChI is InChI=1S/C29H22IN3O5/c1-2-37-27-15-19(13-22(17-31)29(34)32-23-10-6-11-24(16-23)33(35)36)14-26(30)28(27)38-18-21-9-5-8-20-7-3-4-12-25(20)21/h3-16H,2,18H2,1H3,(H,32,34). The van der Waals surface area contributed by atoms with Gasteiger partial charge in [0.15, 0.2) is 11.5 Å². The molecule has 4 aromatic rings. The van der Waals surface area contributed by atoms with Gasteiger partial charge in [0, 0.05) is 17.8 Å². The van der Waals surface area contributed by atoms with E-state index >= 15 is 0 Å². The lowest BCUT2D eigenvalue weighted by molar-refractivity contribution is -0.384. The highest BCUT2D eigenvalue weighted by atomic mass is 127. The smallest absolute Gasteiger partial charge is 0.271 e. The van der Waals surface area contributed by atoms with Crippen molar-refractivity contribution in [3.8, 4) is 17.6 Å². The SMILES string of the molecule is CCOc1cc(C=C(C#N)C(=O)Nc2cccc([N+](=O)[O-])c2)cc(I)c1OCc1cccc2ccccc12. The number of carbonyl (C=O) groups excluding carboxylic acids is 1. The first-order chi connectivity index (χ1) is 18.4. The maximum Gasteiger partial charge on any atom is 0.271 e. The van der Waals surface area contributed by atoms with Crippen LogP contribution in [0.15, 0.2) is 84.4 Å². The minimum absolute atomic E-state index is 0.166. The third-order valence-electron chi connectivity index (χ3n) is 5.57. The van der Waals surface area contributed by atoms with Gasteiger partial charge in [-0.15, -0.1) is 0 Å². The number of ether oxygens (including phenoxy) is 2. The summed E-state index contributed by atoms with van der Waals surface area (Å²) in [4.78, 5) is 23.2. The highest BCUT2D eigenvalue weighted by Gasteiger charge is 2.16. The molecule has 0 aliphatic carbocycles. The van der Waals surface area contributed by atoms with Gasteiger partial charge in [0.2, 0.25) is 0 Å². The molecule has 0 spiro atoms. The van der Waals surface area contributed by atoms with Crippen LogP contribution < -0.4 is 14.8 Å². The van der Waals surface area contributed by atoms with Crippen molar-refractivity contribution in [3.63, 3.8) is 0 Å². The zero-order chi connectivity index (χ0) is 27.1. The van der Waals surface area contributed by atoms with Crippen LogP contribution in [0.3, 0.4) is 0 Å². The summed E-state index contributed by atoms with van der Waals surface area (Å²) in [5.41, 5.74) is 1.49. The molecule has 8 nitrogen and oxygen atoms in total. The molecule has 0 heterocycles. The third-order valence-corrected chi connectivity index (χ3v) is 6.38. The number of benzene rings is 4. The van der Waals surface area contributed by atoms with Gasteiger partial charge < -0.3 is 14.8 Å². The fraction of sp³-hybridized carbons (Fsp3) is 0.103. The van der Waals surface area contributed by atoms with Crippen molar-refractivity contribution in [3.05, 3.63) is 109 Å². The maximum absolute atomic E-state index is 12.7. The summed E-state index contributed by atoms with van der Waals surface area (Å²) in [6, 6.07) is 25.1. The molecular weight excluding hydrogens is 597 g/mol. The fourth-order valence-corrected chi connectivity index (χ4v) is 4.63. The largest absolute Gasteiger partial charge is 0.490 e. The molecule has 9 heteroatoms. The number of halogens is 1. The predicted molar refractivity (Wildman–Crippen MR) is 154 cm³/mol. The van der Waals surface area contributed by atoms with Gasteiger partial charge in [-0.25, -0.2) is 0 Å². The van der Waals surface area contributed by atoms with E-state index < -0.39 is 10.8 Å².